The van der Waals surface area contributed by atoms with E-state index < -0.39 is 0 Å². The fourth-order valence-electron chi connectivity index (χ4n) is 2.89. The van der Waals surface area contributed by atoms with Crippen LogP contribution in [-0.2, 0) is 0 Å². The molecule has 0 unspecified atom stereocenters. The molecule has 0 bridgehead atoms. The number of carbonyl (C=O) groups excluding carboxylic acids is 1. The third-order valence-corrected chi connectivity index (χ3v) is 5.08. The number of amides is 1. The van der Waals surface area contributed by atoms with E-state index in [9.17, 15) is 4.79 Å². The Hall–Kier alpha value is -3.38. The minimum atomic E-state index is -0.322. The zero-order chi connectivity index (χ0) is 20.2. The molecule has 0 aliphatic rings. The number of pyridine rings is 1. The zero-order valence-corrected chi connectivity index (χ0v) is 16.9. The number of thioether (sulfide) groups is 1. The number of hydrogen-bond donors (Lipinski definition) is 1. The van der Waals surface area contributed by atoms with Gasteiger partial charge in [-0.3, -0.25) is 4.79 Å². The van der Waals surface area contributed by atoms with Crippen molar-refractivity contribution in [2.45, 2.75) is 11.8 Å². The van der Waals surface area contributed by atoms with E-state index in [1.165, 1.54) is 0 Å². The van der Waals surface area contributed by atoms with Crippen molar-refractivity contribution in [3.05, 3.63) is 89.6 Å². The summed E-state index contributed by atoms with van der Waals surface area (Å²) < 4.78 is 5.98. The lowest BCUT2D eigenvalue weighted by Crippen LogP contribution is -2.22. The van der Waals surface area contributed by atoms with Gasteiger partial charge in [-0.05, 0) is 61.7 Å². The quantitative estimate of drug-likeness (QED) is 0.469. The Morgan fingerprint density at radius 3 is 2.59 bits per heavy atom. The van der Waals surface area contributed by atoms with Crippen molar-refractivity contribution in [3.8, 4) is 0 Å². The Balaban J connectivity index is 1.81. The molecule has 0 radical (unpaired) electrons. The smallest absolute Gasteiger partial charge is 0.262 e. The largest absolute Gasteiger partial charge is 0.438 e. The number of nitrogens with one attached hydrogen (secondary N) is 1. The minimum absolute atomic E-state index is 0.255. The van der Waals surface area contributed by atoms with Crippen LogP contribution in [0.2, 0.25) is 0 Å². The Morgan fingerprint density at radius 1 is 1.03 bits per heavy atom. The predicted molar refractivity (Wildman–Crippen MR) is 117 cm³/mol. The summed E-state index contributed by atoms with van der Waals surface area (Å²) in [4.78, 5) is 23.1. The highest BCUT2D eigenvalue weighted by Gasteiger charge is 2.13. The molecule has 0 saturated carbocycles. The third kappa shape index (κ3) is 4.38. The van der Waals surface area contributed by atoms with Crippen LogP contribution in [0.15, 0.2) is 87.1 Å². The van der Waals surface area contributed by atoms with Crippen molar-refractivity contribution < 1.29 is 9.21 Å². The molecule has 0 fully saturated rings. The number of anilines is 1. The number of aryl methyl sites for hydroxylation is 1. The van der Waals surface area contributed by atoms with Gasteiger partial charge in [-0.15, -0.1) is 11.8 Å². The van der Waals surface area contributed by atoms with Gasteiger partial charge in [-0.1, -0.05) is 24.3 Å². The van der Waals surface area contributed by atoms with Gasteiger partial charge in [0, 0.05) is 16.0 Å². The number of benzene rings is 2. The molecular weight excluding hydrogens is 382 g/mol. The van der Waals surface area contributed by atoms with Gasteiger partial charge in [-0.25, -0.2) is 9.98 Å². The van der Waals surface area contributed by atoms with Crippen LogP contribution in [0.25, 0.3) is 11.0 Å². The first-order valence-corrected chi connectivity index (χ1v) is 10.3. The van der Waals surface area contributed by atoms with Crippen LogP contribution in [0.1, 0.15) is 16.1 Å². The molecule has 0 atom stereocenters. The van der Waals surface area contributed by atoms with Crippen LogP contribution >= 0.6 is 11.8 Å². The summed E-state index contributed by atoms with van der Waals surface area (Å²) in [5.41, 5.74) is 2.80. The van der Waals surface area contributed by atoms with Gasteiger partial charge < -0.3 is 9.73 Å². The fourth-order valence-corrected chi connectivity index (χ4v) is 3.29. The van der Waals surface area contributed by atoms with Crippen molar-refractivity contribution in [2.75, 3.05) is 11.6 Å². The average Bonchev–Trinajstić information content (AvgIpc) is 2.74. The number of nitrogens with zero attached hydrogens (tertiary/aromatic N) is 2. The second-order valence-electron chi connectivity index (χ2n) is 6.43. The topological polar surface area (TPSA) is 67.5 Å². The Kier molecular flexibility index (Phi) is 5.44. The van der Waals surface area contributed by atoms with Gasteiger partial charge in [0.15, 0.2) is 0 Å². The van der Waals surface area contributed by atoms with E-state index in [-0.39, 0.29) is 11.5 Å². The molecular formula is C23H19N3O2S. The normalized spacial score (nSPS) is 11.6. The van der Waals surface area contributed by atoms with Crippen molar-refractivity contribution in [1.82, 2.24) is 4.98 Å². The number of para-hydroxylation sites is 1. The lowest BCUT2D eigenvalue weighted by atomic mass is 10.1. The Labute approximate surface area is 172 Å². The van der Waals surface area contributed by atoms with Gasteiger partial charge in [-0.2, -0.15) is 0 Å². The van der Waals surface area contributed by atoms with Gasteiger partial charge >= 0.3 is 0 Å². The molecule has 4 rings (SSSR count). The number of aromatic nitrogens is 1. The molecule has 2 aromatic heterocycles. The maximum Gasteiger partial charge on any atom is 0.262 e. The molecule has 5 nitrogen and oxygen atoms in total. The lowest BCUT2D eigenvalue weighted by molar-refractivity contribution is 0.102. The monoisotopic (exact) mass is 401 g/mol. The highest BCUT2D eigenvalue weighted by Crippen LogP contribution is 2.20. The molecule has 0 spiro atoms. The van der Waals surface area contributed by atoms with Gasteiger partial charge in [0.25, 0.3) is 5.91 Å². The van der Waals surface area contributed by atoms with E-state index in [0.29, 0.717) is 22.7 Å². The third-order valence-electron chi connectivity index (χ3n) is 4.33. The molecule has 1 N–H and O–H groups in total. The lowest BCUT2D eigenvalue weighted by Gasteiger charge is -2.07. The second kappa shape index (κ2) is 8.32. The van der Waals surface area contributed by atoms with E-state index in [1.807, 2.05) is 73.8 Å². The number of carbonyl (C=O) groups is 1. The van der Waals surface area contributed by atoms with E-state index in [1.54, 1.807) is 23.9 Å². The van der Waals surface area contributed by atoms with E-state index in [0.717, 1.165) is 16.0 Å². The zero-order valence-electron chi connectivity index (χ0n) is 16.0. The SMILES string of the molecule is CSc1ccc(N=c2oc3ccccc3cc2C(=O)Nc2cccc(C)n2)cc1. The van der Waals surface area contributed by atoms with Crippen molar-refractivity contribution in [3.63, 3.8) is 0 Å². The van der Waals surface area contributed by atoms with Crippen molar-refractivity contribution in [2.24, 2.45) is 4.99 Å². The van der Waals surface area contributed by atoms with Crippen LogP contribution in [-0.4, -0.2) is 17.1 Å². The molecule has 144 valence electrons. The second-order valence-corrected chi connectivity index (χ2v) is 7.31. The summed E-state index contributed by atoms with van der Waals surface area (Å²) in [5, 5.41) is 3.66. The highest BCUT2D eigenvalue weighted by molar-refractivity contribution is 7.98. The first kappa shape index (κ1) is 19.0. The standard InChI is InChI=1S/C23H19N3O2S/c1-15-6-5-9-21(24-15)26-22(27)19-14-16-7-3-4-8-20(16)28-23(19)25-17-10-12-18(29-2)13-11-17/h3-14H,1-2H3,(H,24,26,27). The predicted octanol–water partition coefficient (Wildman–Crippen LogP) is 5.34. The minimum Gasteiger partial charge on any atom is -0.438 e. The molecule has 0 aliphatic carbocycles. The number of rotatable bonds is 4. The molecule has 2 heterocycles. The van der Waals surface area contributed by atoms with E-state index in [4.69, 9.17) is 4.42 Å². The summed E-state index contributed by atoms with van der Waals surface area (Å²) in [7, 11) is 0. The average molecular weight is 401 g/mol. The molecule has 0 saturated heterocycles. The van der Waals surface area contributed by atoms with Crippen molar-refractivity contribution >= 4 is 40.1 Å². The van der Waals surface area contributed by atoms with Crippen LogP contribution < -0.4 is 10.9 Å². The molecule has 29 heavy (non-hydrogen) atoms. The summed E-state index contributed by atoms with van der Waals surface area (Å²) in [5.74, 6) is 0.163. The molecule has 1 amide bonds. The number of hydrogen-bond acceptors (Lipinski definition) is 5. The summed E-state index contributed by atoms with van der Waals surface area (Å²) in [6.45, 7) is 1.88. The first-order valence-electron chi connectivity index (χ1n) is 9.09. The maximum absolute atomic E-state index is 13.0. The highest BCUT2D eigenvalue weighted by atomic mass is 32.2. The van der Waals surface area contributed by atoms with Gasteiger partial charge in [0.05, 0.1) is 5.69 Å². The van der Waals surface area contributed by atoms with Gasteiger partial charge in [0.2, 0.25) is 5.55 Å². The van der Waals surface area contributed by atoms with Crippen LogP contribution in [0.3, 0.4) is 0 Å². The molecule has 2 aromatic carbocycles. The van der Waals surface area contributed by atoms with E-state index in [2.05, 4.69) is 15.3 Å². The Morgan fingerprint density at radius 2 is 1.83 bits per heavy atom. The molecule has 0 aliphatic heterocycles. The number of fused-ring (bicyclic) bond motifs is 1. The summed E-state index contributed by atoms with van der Waals surface area (Å²) in [6.07, 6.45) is 2.02. The van der Waals surface area contributed by atoms with Crippen LogP contribution in [0, 0.1) is 6.92 Å². The van der Waals surface area contributed by atoms with Crippen molar-refractivity contribution in [1.29, 1.82) is 0 Å². The molecule has 4 aromatic rings. The fraction of sp³-hybridized carbons (Fsp3) is 0.0870. The van der Waals surface area contributed by atoms with Gasteiger partial charge in [0.1, 0.15) is 17.0 Å². The summed E-state index contributed by atoms with van der Waals surface area (Å²) in [6, 6.07) is 22.6. The van der Waals surface area contributed by atoms with Crippen LogP contribution in [0.5, 0.6) is 0 Å². The van der Waals surface area contributed by atoms with Crippen LogP contribution in [0.4, 0.5) is 11.5 Å². The molecule has 6 heteroatoms. The Bertz CT molecular complexity index is 1250. The maximum atomic E-state index is 13.0. The first-order chi connectivity index (χ1) is 14.1. The summed E-state index contributed by atoms with van der Waals surface area (Å²) >= 11 is 1.66. The van der Waals surface area contributed by atoms with E-state index >= 15 is 0 Å².